The maximum absolute atomic E-state index is 13.2. The van der Waals surface area contributed by atoms with E-state index in [9.17, 15) is 9.18 Å². The number of carbonyl (C=O) groups is 1. The molecule has 1 atom stereocenters. The minimum absolute atomic E-state index is 0.0394. The van der Waals surface area contributed by atoms with Crippen molar-refractivity contribution in [3.8, 4) is 0 Å². The summed E-state index contributed by atoms with van der Waals surface area (Å²) in [7, 11) is 5.49. The van der Waals surface area contributed by atoms with Gasteiger partial charge in [-0.3, -0.25) is 14.7 Å². The van der Waals surface area contributed by atoms with E-state index in [1.165, 1.54) is 12.1 Å². The molecule has 0 fully saturated rings. The molecule has 0 saturated carbocycles. The highest BCUT2D eigenvalue weighted by molar-refractivity contribution is 5.85. The van der Waals surface area contributed by atoms with Gasteiger partial charge < -0.3 is 4.90 Å². The van der Waals surface area contributed by atoms with Gasteiger partial charge in [0.25, 0.3) is 0 Å². The van der Waals surface area contributed by atoms with Crippen LogP contribution >= 0.6 is 0 Å². The zero-order valence-corrected chi connectivity index (χ0v) is 15.2. The highest BCUT2D eigenvalue weighted by Gasteiger charge is 2.26. The maximum Gasteiger partial charge on any atom is 0.244 e. The lowest BCUT2D eigenvalue weighted by atomic mass is 10.0. The van der Waals surface area contributed by atoms with Crippen LogP contribution in [0.4, 0.5) is 4.39 Å². The fourth-order valence-electron chi connectivity index (χ4n) is 3.15. The molecule has 0 aliphatic heterocycles. The van der Waals surface area contributed by atoms with Gasteiger partial charge in [0.15, 0.2) is 0 Å². The average Bonchev–Trinajstić information content (AvgIpc) is 2.63. The Hall–Kier alpha value is -2.79. The highest BCUT2D eigenvalue weighted by atomic mass is 19.1. The Morgan fingerprint density at radius 3 is 2.46 bits per heavy atom. The normalized spacial score (nSPS) is 12.3. The number of aromatic nitrogens is 1. The van der Waals surface area contributed by atoms with Gasteiger partial charge in [0.05, 0.1) is 5.52 Å². The summed E-state index contributed by atoms with van der Waals surface area (Å²) in [5.41, 5.74) is 2.73. The van der Waals surface area contributed by atoms with Gasteiger partial charge in [-0.1, -0.05) is 30.3 Å². The number of pyridine rings is 1. The van der Waals surface area contributed by atoms with Gasteiger partial charge >= 0.3 is 0 Å². The van der Waals surface area contributed by atoms with Crippen LogP contribution in [-0.4, -0.2) is 41.8 Å². The average molecular weight is 351 g/mol. The molecule has 3 rings (SSSR count). The Morgan fingerprint density at radius 1 is 1.04 bits per heavy atom. The summed E-state index contributed by atoms with van der Waals surface area (Å²) in [5.74, 6) is -0.349. The summed E-state index contributed by atoms with van der Waals surface area (Å²) < 4.78 is 13.2. The summed E-state index contributed by atoms with van der Waals surface area (Å²) >= 11 is 0. The second kappa shape index (κ2) is 7.62. The molecule has 134 valence electrons. The van der Waals surface area contributed by atoms with Crippen molar-refractivity contribution in [1.29, 1.82) is 0 Å². The van der Waals surface area contributed by atoms with Crippen LogP contribution in [0, 0.1) is 5.82 Å². The van der Waals surface area contributed by atoms with Crippen molar-refractivity contribution >= 4 is 16.8 Å². The molecule has 1 heterocycles. The number of amides is 1. The highest BCUT2D eigenvalue weighted by Crippen LogP contribution is 2.23. The summed E-state index contributed by atoms with van der Waals surface area (Å²) in [4.78, 5) is 21.0. The molecule has 1 aromatic heterocycles. The van der Waals surface area contributed by atoms with E-state index in [2.05, 4.69) is 4.98 Å². The fourth-order valence-corrected chi connectivity index (χ4v) is 3.15. The number of benzene rings is 2. The first kappa shape index (κ1) is 18.0. The molecule has 2 aromatic carbocycles. The smallest absolute Gasteiger partial charge is 0.244 e. The topological polar surface area (TPSA) is 36.4 Å². The van der Waals surface area contributed by atoms with E-state index in [4.69, 9.17) is 0 Å². The number of fused-ring (bicyclic) bond motifs is 1. The Kier molecular flexibility index (Phi) is 5.28. The molecule has 5 heteroatoms. The van der Waals surface area contributed by atoms with Gasteiger partial charge in [-0.25, -0.2) is 4.39 Å². The van der Waals surface area contributed by atoms with Crippen LogP contribution in [0.1, 0.15) is 17.2 Å². The van der Waals surface area contributed by atoms with E-state index in [0.29, 0.717) is 6.54 Å². The molecular weight excluding hydrogens is 329 g/mol. The predicted molar refractivity (Wildman–Crippen MR) is 101 cm³/mol. The number of hydrogen-bond donors (Lipinski definition) is 0. The van der Waals surface area contributed by atoms with E-state index in [0.717, 1.165) is 22.0 Å². The summed E-state index contributed by atoms with van der Waals surface area (Å²) in [6.07, 6.45) is 1.76. The first-order chi connectivity index (χ1) is 12.5. The van der Waals surface area contributed by atoms with Crippen LogP contribution in [0.3, 0.4) is 0 Å². The number of nitrogens with zero attached hydrogens (tertiary/aromatic N) is 3. The van der Waals surface area contributed by atoms with E-state index < -0.39 is 6.04 Å². The SMILES string of the molecule is CN(Cc1cccc2ncccc12)C(=O)C(c1ccc(F)cc1)N(C)C. The van der Waals surface area contributed by atoms with Gasteiger partial charge in [0.1, 0.15) is 11.9 Å². The van der Waals surface area contributed by atoms with Crippen LogP contribution in [-0.2, 0) is 11.3 Å². The second-order valence-corrected chi connectivity index (χ2v) is 6.60. The lowest BCUT2D eigenvalue weighted by Crippen LogP contribution is -2.38. The van der Waals surface area contributed by atoms with Crippen LogP contribution < -0.4 is 0 Å². The van der Waals surface area contributed by atoms with Crippen LogP contribution in [0.2, 0.25) is 0 Å². The van der Waals surface area contributed by atoms with E-state index in [-0.39, 0.29) is 11.7 Å². The molecule has 0 N–H and O–H groups in total. The van der Waals surface area contributed by atoms with Gasteiger partial charge in [-0.2, -0.15) is 0 Å². The minimum Gasteiger partial charge on any atom is -0.340 e. The molecule has 0 spiro atoms. The summed E-state index contributed by atoms with van der Waals surface area (Å²) in [6, 6.07) is 15.5. The molecule has 3 aromatic rings. The van der Waals surface area contributed by atoms with Crippen molar-refractivity contribution in [2.24, 2.45) is 0 Å². The minimum atomic E-state index is -0.464. The van der Waals surface area contributed by atoms with Crippen LogP contribution in [0.5, 0.6) is 0 Å². The van der Waals surface area contributed by atoms with Crippen molar-refractivity contribution in [2.45, 2.75) is 12.6 Å². The van der Waals surface area contributed by atoms with Gasteiger partial charge in [-0.05, 0) is 49.5 Å². The summed E-state index contributed by atoms with van der Waals surface area (Å²) in [5, 5.41) is 1.04. The maximum atomic E-state index is 13.2. The number of hydrogen-bond acceptors (Lipinski definition) is 3. The molecule has 1 unspecified atom stereocenters. The number of halogens is 1. The Bertz CT molecular complexity index is 903. The molecule has 0 radical (unpaired) electrons. The quantitative estimate of drug-likeness (QED) is 0.704. The van der Waals surface area contributed by atoms with Gasteiger partial charge in [0.2, 0.25) is 5.91 Å². The van der Waals surface area contributed by atoms with Gasteiger partial charge in [0, 0.05) is 25.2 Å². The standard InChI is InChI=1S/C21H22FN3O/c1-24(2)20(15-9-11-17(22)12-10-15)21(26)25(3)14-16-6-4-8-19-18(16)7-5-13-23-19/h4-13,20H,14H2,1-3H3. The van der Waals surface area contributed by atoms with Crippen LogP contribution in [0.15, 0.2) is 60.8 Å². The number of carbonyl (C=O) groups excluding carboxylic acids is 1. The lowest BCUT2D eigenvalue weighted by molar-refractivity contribution is -0.135. The number of likely N-dealkylation sites (N-methyl/N-ethyl adjacent to an activating group) is 2. The monoisotopic (exact) mass is 351 g/mol. The van der Waals surface area contributed by atoms with Crippen molar-refractivity contribution in [2.75, 3.05) is 21.1 Å². The third-order valence-corrected chi connectivity index (χ3v) is 4.46. The van der Waals surface area contributed by atoms with E-state index in [1.807, 2.05) is 49.3 Å². The zero-order valence-electron chi connectivity index (χ0n) is 15.2. The van der Waals surface area contributed by atoms with Crippen LogP contribution in [0.25, 0.3) is 10.9 Å². The van der Waals surface area contributed by atoms with Crippen molar-refractivity contribution < 1.29 is 9.18 Å². The van der Waals surface area contributed by atoms with E-state index >= 15 is 0 Å². The third kappa shape index (κ3) is 3.73. The Labute approximate surface area is 152 Å². The van der Waals surface area contributed by atoms with Crippen molar-refractivity contribution in [3.05, 3.63) is 77.7 Å². The molecule has 1 amide bonds. The van der Waals surface area contributed by atoms with Crippen molar-refractivity contribution in [3.63, 3.8) is 0 Å². The molecular formula is C21H22FN3O. The molecule has 0 saturated heterocycles. The van der Waals surface area contributed by atoms with Crippen molar-refractivity contribution in [1.82, 2.24) is 14.8 Å². The molecule has 4 nitrogen and oxygen atoms in total. The zero-order chi connectivity index (χ0) is 18.7. The number of rotatable bonds is 5. The fraction of sp³-hybridized carbons (Fsp3) is 0.238. The first-order valence-corrected chi connectivity index (χ1v) is 8.47. The second-order valence-electron chi connectivity index (χ2n) is 6.60. The largest absolute Gasteiger partial charge is 0.340 e. The Balaban J connectivity index is 1.86. The molecule has 0 aliphatic carbocycles. The van der Waals surface area contributed by atoms with Gasteiger partial charge in [-0.15, -0.1) is 0 Å². The Morgan fingerprint density at radius 2 is 1.77 bits per heavy atom. The summed E-state index contributed by atoms with van der Waals surface area (Å²) in [6.45, 7) is 0.480. The third-order valence-electron chi connectivity index (χ3n) is 4.46. The lowest BCUT2D eigenvalue weighted by Gasteiger charge is -2.29. The predicted octanol–water partition coefficient (Wildman–Crippen LogP) is 3.64. The molecule has 0 aliphatic rings. The first-order valence-electron chi connectivity index (χ1n) is 8.47. The molecule has 26 heavy (non-hydrogen) atoms. The molecule has 0 bridgehead atoms. The van der Waals surface area contributed by atoms with E-state index in [1.54, 1.807) is 30.3 Å².